The number of carboxylic acid groups (broad SMARTS) is 2. The summed E-state index contributed by atoms with van der Waals surface area (Å²) in [5.41, 5.74) is -4.91. The lowest BCUT2D eigenvalue weighted by atomic mass is 9.81. The number of alkyl halides is 6. The van der Waals surface area contributed by atoms with E-state index in [9.17, 15) is 35.9 Å². The van der Waals surface area contributed by atoms with Crippen molar-refractivity contribution >= 4 is 17.7 Å². The number of hydrogen-bond acceptors (Lipinski definition) is 3. The molecule has 0 aromatic heterocycles. The molecule has 2 N–H and O–H groups in total. The van der Waals surface area contributed by atoms with Crippen molar-refractivity contribution in [3.63, 3.8) is 0 Å². The van der Waals surface area contributed by atoms with E-state index in [-0.39, 0.29) is 0 Å². The minimum atomic E-state index is -5.49. The van der Waals surface area contributed by atoms with E-state index >= 15 is 0 Å². The first-order valence-corrected chi connectivity index (χ1v) is 5.84. The van der Waals surface area contributed by atoms with Crippen LogP contribution in [0.3, 0.4) is 0 Å². The van der Waals surface area contributed by atoms with Crippen molar-refractivity contribution in [1.82, 2.24) is 0 Å². The molecule has 0 radical (unpaired) electrons. The molecule has 0 aromatic rings. The second-order valence-corrected chi connectivity index (χ2v) is 4.48. The normalized spacial score (nSPS) is 22.6. The van der Waals surface area contributed by atoms with Crippen LogP contribution in [0.25, 0.3) is 0 Å². The third-order valence-corrected chi connectivity index (χ3v) is 2.97. The topological polar surface area (TPSA) is 87.0 Å². The van der Waals surface area contributed by atoms with Gasteiger partial charge >= 0.3 is 24.3 Å². The molecule has 0 fully saturated rings. The van der Waals surface area contributed by atoms with Crippen LogP contribution < -0.4 is 0 Å². The van der Waals surface area contributed by atoms with E-state index in [0.717, 1.165) is 6.08 Å². The van der Waals surface area contributed by atoms with Gasteiger partial charge in [-0.1, -0.05) is 6.08 Å². The maximum atomic E-state index is 12.9. The third kappa shape index (κ3) is 3.71. The minimum Gasteiger partial charge on any atom is -0.481 e. The number of hydrogen-bond donors (Lipinski definition) is 2. The molecule has 2 atom stereocenters. The molecule has 0 spiro atoms. The molecule has 0 amide bonds. The van der Waals surface area contributed by atoms with Crippen LogP contribution in [-0.2, 0) is 9.59 Å². The molecule has 23 heavy (non-hydrogen) atoms. The highest BCUT2D eigenvalue weighted by atomic mass is 19.4. The van der Waals surface area contributed by atoms with Crippen molar-refractivity contribution < 1.29 is 46.1 Å². The van der Waals surface area contributed by atoms with Gasteiger partial charge in [-0.05, 0) is 12.0 Å². The number of carboxylic acids is 2. The van der Waals surface area contributed by atoms with Crippen LogP contribution in [0.1, 0.15) is 6.42 Å². The molecule has 1 aliphatic heterocycles. The zero-order valence-electron chi connectivity index (χ0n) is 11.1. The van der Waals surface area contributed by atoms with Crippen molar-refractivity contribution in [3.05, 3.63) is 23.8 Å². The summed E-state index contributed by atoms with van der Waals surface area (Å²) < 4.78 is 77.4. The highest BCUT2D eigenvalue weighted by Crippen LogP contribution is 2.41. The fourth-order valence-corrected chi connectivity index (χ4v) is 2.16. The van der Waals surface area contributed by atoms with E-state index in [0.29, 0.717) is 0 Å². The zero-order valence-corrected chi connectivity index (χ0v) is 11.1. The lowest BCUT2D eigenvalue weighted by Gasteiger charge is -2.31. The summed E-state index contributed by atoms with van der Waals surface area (Å²) in [6, 6.07) is -3.24. The van der Waals surface area contributed by atoms with Crippen molar-refractivity contribution in [3.8, 4) is 0 Å². The van der Waals surface area contributed by atoms with E-state index in [2.05, 4.69) is 11.6 Å². The first-order chi connectivity index (χ1) is 10.3. The van der Waals surface area contributed by atoms with Crippen LogP contribution in [0.4, 0.5) is 26.3 Å². The quantitative estimate of drug-likeness (QED) is 0.606. The summed E-state index contributed by atoms with van der Waals surface area (Å²) in [7, 11) is 0. The average Bonchev–Trinajstić information content (AvgIpc) is 2.34. The Morgan fingerprint density at radius 3 is 2.00 bits per heavy atom. The van der Waals surface area contributed by atoms with Gasteiger partial charge in [0.2, 0.25) is 0 Å². The fourth-order valence-electron chi connectivity index (χ4n) is 2.16. The van der Waals surface area contributed by atoms with Gasteiger partial charge in [-0.15, -0.1) is 6.58 Å². The number of rotatable bonds is 4. The van der Waals surface area contributed by atoms with Crippen LogP contribution >= 0.6 is 0 Å². The number of carbonyl (C=O) groups is 2. The van der Waals surface area contributed by atoms with E-state index in [1.807, 2.05) is 0 Å². The first-order valence-electron chi connectivity index (χ1n) is 5.84. The molecule has 5 nitrogen and oxygen atoms in total. The van der Waals surface area contributed by atoms with Crippen LogP contribution in [0.15, 0.2) is 28.8 Å². The van der Waals surface area contributed by atoms with Gasteiger partial charge in [-0.2, -0.15) is 26.3 Å². The van der Waals surface area contributed by atoms with Crippen LogP contribution in [0.5, 0.6) is 0 Å². The predicted octanol–water partition coefficient (Wildman–Crippen LogP) is 2.59. The largest absolute Gasteiger partial charge is 0.481 e. The number of aliphatic imine (C=N–C) groups is 1. The lowest BCUT2D eigenvalue weighted by molar-refractivity contribution is -0.170. The summed E-state index contributed by atoms with van der Waals surface area (Å²) in [5.74, 6) is -6.93. The summed E-state index contributed by atoms with van der Waals surface area (Å²) in [4.78, 5) is 24.6. The first kappa shape index (κ1) is 18.7. The third-order valence-electron chi connectivity index (χ3n) is 2.97. The Bertz CT molecular complexity index is 602. The fraction of sp³-hybridized carbons (Fsp3) is 0.417. The molecule has 0 aliphatic carbocycles. The molecule has 128 valence electrons. The summed E-state index contributed by atoms with van der Waals surface area (Å²) in [5, 5.41) is 17.9. The molecule has 2 unspecified atom stereocenters. The molecule has 1 rings (SSSR count). The zero-order chi connectivity index (χ0) is 18.2. The number of allylic oxidation sites excluding steroid dienone is 1. The molecule has 0 aromatic carbocycles. The Hall–Kier alpha value is -2.33. The van der Waals surface area contributed by atoms with Gasteiger partial charge in [0.1, 0.15) is 5.92 Å². The molecule has 11 heteroatoms. The molecule has 1 aliphatic rings. The minimum absolute atomic E-state index is 0.778. The number of nitrogens with zero attached hydrogens (tertiary/aromatic N) is 1. The van der Waals surface area contributed by atoms with Crippen LogP contribution in [0.2, 0.25) is 0 Å². The molecular weight excluding hydrogens is 336 g/mol. The Balaban J connectivity index is 3.78. The highest BCUT2D eigenvalue weighted by molar-refractivity contribution is 6.23. The summed E-state index contributed by atoms with van der Waals surface area (Å²) >= 11 is 0. The van der Waals surface area contributed by atoms with Gasteiger partial charge < -0.3 is 10.2 Å². The maximum Gasteiger partial charge on any atom is 0.433 e. The molecule has 0 saturated carbocycles. The van der Waals surface area contributed by atoms with Crippen molar-refractivity contribution in [1.29, 1.82) is 0 Å². The number of aliphatic carboxylic acids is 2. The van der Waals surface area contributed by atoms with E-state index < -0.39 is 59.5 Å². The SMILES string of the molecule is C=CCC1=C(C(=O)O)C(C(F)(F)F)=NC(C(F)(F)F)C1C(=O)O. The Morgan fingerprint density at radius 2 is 1.70 bits per heavy atom. The van der Waals surface area contributed by atoms with Gasteiger partial charge in [-0.25, -0.2) is 4.79 Å². The number of dihydropyridines is 1. The van der Waals surface area contributed by atoms with E-state index in [1.54, 1.807) is 0 Å². The molecule has 0 saturated heterocycles. The standard InChI is InChI=1S/C12H9F6NO4/c1-2-3-4-5(9(20)21)7(11(13,14)15)19-8(12(16,17)18)6(4)10(22)23/h2,5,7H,1,3H2,(H,20,21)(H,22,23). The smallest absolute Gasteiger partial charge is 0.433 e. The highest BCUT2D eigenvalue weighted by Gasteiger charge is 2.56. The van der Waals surface area contributed by atoms with Crippen LogP contribution in [-0.4, -0.2) is 46.3 Å². The molecule has 1 heterocycles. The van der Waals surface area contributed by atoms with E-state index in [1.165, 1.54) is 0 Å². The van der Waals surface area contributed by atoms with Gasteiger partial charge in [0.25, 0.3) is 0 Å². The van der Waals surface area contributed by atoms with Crippen molar-refractivity contribution in [2.45, 2.75) is 24.8 Å². The molecular formula is C12H9F6NO4. The predicted molar refractivity (Wildman–Crippen MR) is 63.9 cm³/mol. The van der Waals surface area contributed by atoms with Crippen molar-refractivity contribution in [2.75, 3.05) is 0 Å². The average molecular weight is 345 g/mol. The Kier molecular flexibility index (Phi) is 4.92. The van der Waals surface area contributed by atoms with Crippen LogP contribution in [0, 0.1) is 5.92 Å². The van der Waals surface area contributed by atoms with Gasteiger partial charge in [0.15, 0.2) is 11.8 Å². The summed E-state index contributed by atoms with van der Waals surface area (Å²) in [6.45, 7) is 3.09. The van der Waals surface area contributed by atoms with Gasteiger partial charge in [-0.3, -0.25) is 9.79 Å². The Morgan fingerprint density at radius 1 is 1.17 bits per heavy atom. The molecule has 0 bridgehead atoms. The maximum absolute atomic E-state index is 12.9. The second kappa shape index (κ2) is 6.05. The van der Waals surface area contributed by atoms with Crippen molar-refractivity contribution in [2.24, 2.45) is 10.9 Å². The second-order valence-electron chi connectivity index (χ2n) is 4.48. The van der Waals surface area contributed by atoms with Gasteiger partial charge in [0.05, 0.1) is 5.57 Å². The Labute approximate surface area is 124 Å². The number of halogens is 6. The monoisotopic (exact) mass is 345 g/mol. The lowest BCUT2D eigenvalue weighted by Crippen LogP contribution is -2.47. The summed E-state index contributed by atoms with van der Waals surface area (Å²) in [6.07, 6.45) is -10.9. The van der Waals surface area contributed by atoms with E-state index in [4.69, 9.17) is 10.2 Å². The van der Waals surface area contributed by atoms with Gasteiger partial charge in [0, 0.05) is 0 Å².